The number of anilines is 1. The normalized spacial score (nSPS) is 14.1. The lowest BCUT2D eigenvalue weighted by molar-refractivity contribution is 0.101. The van der Waals surface area contributed by atoms with Gasteiger partial charge in [0.05, 0.1) is 12.2 Å². The summed E-state index contributed by atoms with van der Waals surface area (Å²) in [4.78, 5) is 13.7. The first-order chi connectivity index (χ1) is 8.22. The fraction of sp³-hybridized carbons (Fsp3) is 0.500. The molecule has 0 radical (unpaired) electrons. The van der Waals surface area contributed by atoms with Crippen molar-refractivity contribution < 1.29 is 9.53 Å². The van der Waals surface area contributed by atoms with Crippen LogP contribution in [-0.4, -0.2) is 25.5 Å². The van der Waals surface area contributed by atoms with Crippen molar-refractivity contribution in [3.63, 3.8) is 0 Å². The van der Waals surface area contributed by atoms with E-state index in [0.29, 0.717) is 0 Å². The Morgan fingerprint density at radius 2 is 2.29 bits per heavy atom. The zero-order valence-electron chi connectivity index (χ0n) is 10.5. The Balaban J connectivity index is 2.27. The molecule has 1 aliphatic rings. The van der Waals surface area contributed by atoms with Crippen LogP contribution in [0.15, 0.2) is 18.2 Å². The quantitative estimate of drug-likeness (QED) is 0.749. The van der Waals surface area contributed by atoms with E-state index in [0.717, 1.165) is 36.7 Å². The Bertz CT molecular complexity index is 415. The molecule has 1 heterocycles. The fourth-order valence-corrected chi connectivity index (χ4v) is 2.07. The number of carbonyl (C=O) groups excluding carboxylic acids is 1. The number of Topliss-reactive ketones (excluding diaryl/α,β-unsaturated/α-hetero) is 1. The van der Waals surface area contributed by atoms with E-state index in [9.17, 15) is 4.79 Å². The minimum absolute atomic E-state index is 0.105. The molecular formula is C14H19NO2. The molecule has 0 saturated carbocycles. The van der Waals surface area contributed by atoms with Crippen molar-refractivity contribution in [1.82, 2.24) is 0 Å². The van der Waals surface area contributed by atoms with Gasteiger partial charge in [0.25, 0.3) is 0 Å². The van der Waals surface area contributed by atoms with Crippen molar-refractivity contribution in [1.29, 1.82) is 0 Å². The smallest absolute Gasteiger partial charge is 0.159 e. The fourth-order valence-electron chi connectivity index (χ4n) is 2.07. The van der Waals surface area contributed by atoms with Gasteiger partial charge < -0.3 is 9.64 Å². The standard InChI is InChI=1S/C14H19NO2/c1-3-4-7-15-8-9-17-14-6-5-12(11(2)16)10-13(14)15/h5-6,10H,3-4,7-9H2,1-2H3. The molecule has 1 aromatic carbocycles. The van der Waals surface area contributed by atoms with Crippen molar-refractivity contribution in [3.8, 4) is 5.75 Å². The van der Waals surface area contributed by atoms with Gasteiger partial charge in [0.2, 0.25) is 0 Å². The van der Waals surface area contributed by atoms with E-state index in [4.69, 9.17) is 4.74 Å². The van der Waals surface area contributed by atoms with E-state index >= 15 is 0 Å². The van der Waals surface area contributed by atoms with Gasteiger partial charge in [-0.25, -0.2) is 0 Å². The number of hydrogen-bond donors (Lipinski definition) is 0. The van der Waals surface area contributed by atoms with Gasteiger partial charge in [-0.3, -0.25) is 4.79 Å². The molecule has 2 rings (SSSR count). The summed E-state index contributed by atoms with van der Waals surface area (Å²) in [5, 5.41) is 0. The number of unbranched alkanes of at least 4 members (excludes halogenated alkanes) is 1. The van der Waals surface area contributed by atoms with Crippen LogP contribution in [0.4, 0.5) is 5.69 Å². The molecule has 0 saturated heterocycles. The van der Waals surface area contributed by atoms with E-state index < -0.39 is 0 Å². The second-order valence-corrected chi connectivity index (χ2v) is 4.43. The number of ether oxygens (including phenoxy) is 1. The number of benzene rings is 1. The van der Waals surface area contributed by atoms with Crippen LogP contribution in [0.25, 0.3) is 0 Å². The number of ketones is 1. The number of nitrogens with zero attached hydrogens (tertiary/aromatic N) is 1. The van der Waals surface area contributed by atoms with E-state index in [1.807, 2.05) is 18.2 Å². The topological polar surface area (TPSA) is 29.5 Å². The molecule has 0 spiro atoms. The first kappa shape index (κ1) is 12.0. The Morgan fingerprint density at radius 1 is 1.47 bits per heavy atom. The molecule has 0 atom stereocenters. The maximum atomic E-state index is 11.4. The van der Waals surface area contributed by atoms with Gasteiger partial charge in [-0.2, -0.15) is 0 Å². The van der Waals surface area contributed by atoms with Crippen molar-refractivity contribution >= 4 is 11.5 Å². The average molecular weight is 233 g/mol. The summed E-state index contributed by atoms with van der Waals surface area (Å²) in [5.74, 6) is 1.01. The average Bonchev–Trinajstić information content (AvgIpc) is 2.35. The lowest BCUT2D eigenvalue weighted by Gasteiger charge is -2.31. The van der Waals surface area contributed by atoms with Crippen LogP contribution in [0.2, 0.25) is 0 Å². The highest BCUT2D eigenvalue weighted by molar-refractivity contribution is 5.95. The van der Waals surface area contributed by atoms with Crippen LogP contribution < -0.4 is 9.64 Å². The van der Waals surface area contributed by atoms with Gasteiger partial charge in [0.15, 0.2) is 5.78 Å². The van der Waals surface area contributed by atoms with E-state index in [2.05, 4.69) is 11.8 Å². The summed E-state index contributed by atoms with van der Waals surface area (Å²) in [5.41, 5.74) is 1.83. The molecule has 3 nitrogen and oxygen atoms in total. The second-order valence-electron chi connectivity index (χ2n) is 4.43. The highest BCUT2D eigenvalue weighted by Crippen LogP contribution is 2.32. The van der Waals surface area contributed by atoms with Gasteiger partial charge in [0, 0.05) is 12.1 Å². The monoisotopic (exact) mass is 233 g/mol. The molecule has 0 bridgehead atoms. The summed E-state index contributed by atoms with van der Waals surface area (Å²) in [6, 6.07) is 5.70. The minimum Gasteiger partial charge on any atom is -0.490 e. The molecule has 0 aromatic heterocycles. The Hall–Kier alpha value is -1.51. The lowest BCUT2D eigenvalue weighted by Crippen LogP contribution is -2.33. The SMILES string of the molecule is CCCCN1CCOc2ccc(C(C)=O)cc21. The summed E-state index contributed by atoms with van der Waals surface area (Å²) in [7, 11) is 0. The molecule has 0 N–H and O–H groups in total. The van der Waals surface area contributed by atoms with Crippen molar-refractivity contribution in [2.75, 3.05) is 24.6 Å². The number of hydrogen-bond acceptors (Lipinski definition) is 3. The molecule has 1 aromatic rings. The molecule has 0 amide bonds. The van der Waals surface area contributed by atoms with Gasteiger partial charge in [-0.05, 0) is 31.5 Å². The zero-order chi connectivity index (χ0) is 12.3. The highest BCUT2D eigenvalue weighted by atomic mass is 16.5. The van der Waals surface area contributed by atoms with Gasteiger partial charge in [0.1, 0.15) is 12.4 Å². The van der Waals surface area contributed by atoms with Gasteiger partial charge >= 0.3 is 0 Å². The molecule has 92 valence electrons. The number of carbonyl (C=O) groups is 1. The third-order valence-corrected chi connectivity index (χ3v) is 3.11. The number of fused-ring (bicyclic) bond motifs is 1. The van der Waals surface area contributed by atoms with Gasteiger partial charge in [-0.15, -0.1) is 0 Å². The van der Waals surface area contributed by atoms with Crippen molar-refractivity contribution in [2.24, 2.45) is 0 Å². The lowest BCUT2D eigenvalue weighted by atomic mass is 10.1. The van der Waals surface area contributed by atoms with Crippen molar-refractivity contribution in [2.45, 2.75) is 26.7 Å². The highest BCUT2D eigenvalue weighted by Gasteiger charge is 2.18. The minimum atomic E-state index is 0.105. The van der Waals surface area contributed by atoms with Crippen LogP contribution in [-0.2, 0) is 0 Å². The molecular weight excluding hydrogens is 214 g/mol. The largest absolute Gasteiger partial charge is 0.490 e. The van der Waals surface area contributed by atoms with E-state index in [-0.39, 0.29) is 5.78 Å². The predicted molar refractivity (Wildman–Crippen MR) is 69.1 cm³/mol. The van der Waals surface area contributed by atoms with Crippen LogP contribution in [0.1, 0.15) is 37.0 Å². The Labute approximate surface area is 102 Å². The third-order valence-electron chi connectivity index (χ3n) is 3.11. The maximum Gasteiger partial charge on any atom is 0.159 e. The Morgan fingerprint density at radius 3 is 3.00 bits per heavy atom. The summed E-state index contributed by atoms with van der Waals surface area (Å²) in [6.45, 7) is 6.47. The molecule has 0 fully saturated rings. The number of rotatable bonds is 4. The molecule has 1 aliphatic heterocycles. The van der Waals surface area contributed by atoms with Crippen LogP contribution in [0.3, 0.4) is 0 Å². The predicted octanol–water partition coefficient (Wildman–Crippen LogP) is 2.89. The second kappa shape index (κ2) is 5.21. The zero-order valence-corrected chi connectivity index (χ0v) is 10.5. The van der Waals surface area contributed by atoms with Gasteiger partial charge in [-0.1, -0.05) is 13.3 Å². The first-order valence-corrected chi connectivity index (χ1v) is 6.25. The summed E-state index contributed by atoms with van der Waals surface area (Å²) >= 11 is 0. The van der Waals surface area contributed by atoms with Crippen molar-refractivity contribution in [3.05, 3.63) is 23.8 Å². The third kappa shape index (κ3) is 2.60. The van der Waals surface area contributed by atoms with E-state index in [1.165, 1.54) is 12.8 Å². The molecule has 17 heavy (non-hydrogen) atoms. The summed E-state index contributed by atoms with van der Waals surface area (Å²) in [6.07, 6.45) is 2.35. The Kier molecular flexibility index (Phi) is 3.67. The van der Waals surface area contributed by atoms with E-state index in [1.54, 1.807) is 6.92 Å². The molecule has 3 heteroatoms. The molecule has 0 aliphatic carbocycles. The van der Waals surface area contributed by atoms with Crippen LogP contribution >= 0.6 is 0 Å². The summed E-state index contributed by atoms with van der Waals surface area (Å²) < 4.78 is 5.62. The maximum absolute atomic E-state index is 11.4. The molecule has 0 unspecified atom stereocenters. The van der Waals surface area contributed by atoms with Crippen LogP contribution in [0, 0.1) is 0 Å². The first-order valence-electron chi connectivity index (χ1n) is 6.25. The van der Waals surface area contributed by atoms with Crippen LogP contribution in [0.5, 0.6) is 5.75 Å².